The lowest BCUT2D eigenvalue weighted by Crippen LogP contribution is -2.40. The lowest BCUT2D eigenvalue weighted by Gasteiger charge is -2.16. The van der Waals surface area contributed by atoms with Crippen molar-refractivity contribution >= 4 is 18.3 Å². The van der Waals surface area contributed by atoms with Gasteiger partial charge in [0.25, 0.3) is 0 Å². The number of hydrogen-bond acceptors (Lipinski definition) is 2. The molecule has 1 fully saturated rings. The Kier molecular flexibility index (Phi) is 6.89. The van der Waals surface area contributed by atoms with Crippen molar-refractivity contribution in [1.82, 2.24) is 5.32 Å². The largest absolute Gasteiger partial charge is 0.416 e. The van der Waals surface area contributed by atoms with Crippen LogP contribution in [0.25, 0.3) is 0 Å². The van der Waals surface area contributed by atoms with Crippen LogP contribution in [0.4, 0.5) is 13.2 Å². The van der Waals surface area contributed by atoms with E-state index in [1.54, 1.807) is 6.92 Å². The smallest absolute Gasteiger partial charge is 0.354 e. The molecule has 1 saturated carbocycles. The van der Waals surface area contributed by atoms with Gasteiger partial charge in [-0.25, -0.2) is 0 Å². The van der Waals surface area contributed by atoms with Gasteiger partial charge in [0.1, 0.15) is 0 Å². The van der Waals surface area contributed by atoms with Gasteiger partial charge < -0.3 is 11.1 Å². The standard InChI is InChI=1S/C16H21F3N2O.ClH/c1-10(15(22)21-9-14(20)12-4-5-12)8-11-2-6-13(7-3-11)16(17,18)19;/h2-3,6-7,10,12,14H,4-5,8-9,20H2,1H3,(H,21,22);1H. The van der Waals surface area contributed by atoms with Crippen molar-refractivity contribution in [3.05, 3.63) is 35.4 Å². The Balaban J connectivity index is 0.00000264. The molecule has 1 amide bonds. The van der Waals surface area contributed by atoms with Crippen LogP contribution in [-0.4, -0.2) is 18.5 Å². The number of benzene rings is 1. The van der Waals surface area contributed by atoms with Crippen LogP contribution in [0.1, 0.15) is 30.9 Å². The molecule has 3 nitrogen and oxygen atoms in total. The van der Waals surface area contributed by atoms with E-state index in [4.69, 9.17) is 5.73 Å². The first-order valence-electron chi connectivity index (χ1n) is 7.47. The molecule has 1 aromatic rings. The Morgan fingerprint density at radius 3 is 2.35 bits per heavy atom. The fraction of sp³-hybridized carbons (Fsp3) is 0.562. The second kappa shape index (κ2) is 8.02. The fourth-order valence-electron chi connectivity index (χ4n) is 2.36. The predicted octanol–water partition coefficient (Wildman–Crippen LogP) is 3.16. The third-order valence-corrected chi connectivity index (χ3v) is 4.01. The van der Waals surface area contributed by atoms with Crippen molar-refractivity contribution in [3.63, 3.8) is 0 Å². The van der Waals surface area contributed by atoms with E-state index >= 15 is 0 Å². The predicted molar refractivity (Wildman–Crippen MR) is 85.3 cm³/mol. The van der Waals surface area contributed by atoms with Gasteiger partial charge in [-0.05, 0) is 42.9 Å². The molecule has 23 heavy (non-hydrogen) atoms. The van der Waals surface area contributed by atoms with Crippen molar-refractivity contribution in [3.8, 4) is 0 Å². The number of hydrogen-bond donors (Lipinski definition) is 2. The van der Waals surface area contributed by atoms with Crippen LogP contribution >= 0.6 is 12.4 Å². The fourth-order valence-corrected chi connectivity index (χ4v) is 2.36. The summed E-state index contributed by atoms with van der Waals surface area (Å²) in [6.45, 7) is 2.22. The molecular formula is C16H22ClF3N2O. The van der Waals surface area contributed by atoms with Crippen LogP contribution in [0.3, 0.4) is 0 Å². The zero-order chi connectivity index (χ0) is 16.3. The molecular weight excluding hydrogens is 329 g/mol. The summed E-state index contributed by atoms with van der Waals surface area (Å²) in [5.41, 5.74) is 5.95. The van der Waals surface area contributed by atoms with Crippen LogP contribution in [-0.2, 0) is 17.4 Å². The van der Waals surface area contributed by atoms with Gasteiger partial charge in [-0.2, -0.15) is 13.2 Å². The van der Waals surface area contributed by atoms with E-state index in [0.29, 0.717) is 24.4 Å². The Morgan fingerprint density at radius 1 is 1.30 bits per heavy atom. The van der Waals surface area contributed by atoms with Crippen LogP contribution in [0.15, 0.2) is 24.3 Å². The van der Waals surface area contributed by atoms with Crippen molar-refractivity contribution in [1.29, 1.82) is 0 Å². The van der Waals surface area contributed by atoms with Gasteiger partial charge >= 0.3 is 6.18 Å². The summed E-state index contributed by atoms with van der Waals surface area (Å²) in [6, 6.07) is 4.93. The van der Waals surface area contributed by atoms with Gasteiger partial charge in [0, 0.05) is 18.5 Å². The molecule has 2 unspecified atom stereocenters. The Morgan fingerprint density at radius 2 is 1.87 bits per heavy atom. The summed E-state index contributed by atoms with van der Waals surface area (Å²) >= 11 is 0. The van der Waals surface area contributed by atoms with Gasteiger partial charge in [0.15, 0.2) is 0 Å². The summed E-state index contributed by atoms with van der Waals surface area (Å²) in [6.07, 6.45) is -1.68. The molecule has 0 bridgehead atoms. The van der Waals surface area contributed by atoms with Gasteiger partial charge in [0.2, 0.25) is 5.91 Å². The SMILES string of the molecule is CC(Cc1ccc(C(F)(F)F)cc1)C(=O)NCC(N)C1CC1.Cl. The average Bonchev–Trinajstić information content (AvgIpc) is 3.28. The molecule has 1 aromatic carbocycles. The number of amides is 1. The van der Waals surface area contributed by atoms with Gasteiger partial charge in [-0.1, -0.05) is 19.1 Å². The maximum Gasteiger partial charge on any atom is 0.416 e. The number of carbonyl (C=O) groups is 1. The lowest BCUT2D eigenvalue weighted by atomic mass is 9.99. The molecule has 1 aliphatic carbocycles. The maximum absolute atomic E-state index is 12.5. The summed E-state index contributed by atoms with van der Waals surface area (Å²) < 4.78 is 37.4. The molecule has 2 atom stereocenters. The van der Waals surface area contributed by atoms with E-state index in [1.165, 1.54) is 12.1 Å². The Hall–Kier alpha value is -1.27. The zero-order valence-corrected chi connectivity index (χ0v) is 13.7. The summed E-state index contributed by atoms with van der Waals surface area (Å²) in [7, 11) is 0. The Bertz CT molecular complexity index is 515. The molecule has 3 N–H and O–H groups in total. The molecule has 1 aliphatic rings. The minimum absolute atomic E-state index is 0. The summed E-state index contributed by atoms with van der Waals surface area (Å²) in [4.78, 5) is 12.0. The van der Waals surface area contributed by atoms with E-state index in [-0.39, 0.29) is 30.3 Å². The summed E-state index contributed by atoms with van der Waals surface area (Å²) in [5, 5.41) is 2.82. The zero-order valence-electron chi connectivity index (χ0n) is 12.9. The third-order valence-electron chi connectivity index (χ3n) is 4.01. The number of rotatable bonds is 6. The molecule has 0 aromatic heterocycles. The molecule has 0 radical (unpaired) electrons. The minimum Gasteiger partial charge on any atom is -0.354 e. The highest BCUT2D eigenvalue weighted by atomic mass is 35.5. The highest BCUT2D eigenvalue weighted by molar-refractivity contribution is 5.85. The molecule has 0 spiro atoms. The first-order chi connectivity index (χ1) is 10.3. The highest BCUT2D eigenvalue weighted by Gasteiger charge is 2.30. The van der Waals surface area contributed by atoms with Gasteiger partial charge in [-0.15, -0.1) is 12.4 Å². The topological polar surface area (TPSA) is 55.1 Å². The minimum atomic E-state index is -4.33. The molecule has 0 saturated heterocycles. The van der Waals surface area contributed by atoms with Crippen molar-refractivity contribution in [2.24, 2.45) is 17.6 Å². The first kappa shape index (κ1) is 19.8. The molecule has 0 heterocycles. The van der Waals surface area contributed by atoms with Crippen molar-refractivity contribution < 1.29 is 18.0 Å². The molecule has 0 aliphatic heterocycles. The van der Waals surface area contributed by atoms with Gasteiger partial charge in [-0.3, -0.25) is 4.79 Å². The van der Waals surface area contributed by atoms with E-state index in [0.717, 1.165) is 25.0 Å². The van der Waals surface area contributed by atoms with Crippen LogP contribution in [0.5, 0.6) is 0 Å². The van der Waals surface area contributed by atoms with Crippen molar-refractivity contribution in [2.45, 2.75) is 38.4 Å². The maximum atomic E-state index is 12.5. The highest BCUT2D eigenvalue weighted by Crippen LogP contribution is 2.31. The number of carbonyl (C=O) groups excluding carboxylic acids is 1. The van der Waals surface area contributed by atoms with E-state index in [1.807, 2.05) is 0 Å². The average molecular weight is 351 g/mol. The quantitative estimate of drug-likeness (QED) is 0.828. The number of nitrogens with one attached hydrogen (secondary N) is 1. The number of halogens is 4. The molecule has 2 rings (SSSR count). The van der Waals surface area contributed by atoms with E-state index in [2.05, 4.69) is 5.32 Å². The first-order valence-corrected chi connectivity index (χ1v) is 7.47. The molecule has 7 heteroatoms. The monoisotopic (exact) mass is 350 g/mol. The summed E-state index contributed by atoms with van der Waals surface area (Å²) in [5.74, 6) is 0.102. The third kappa shape index (κ3) is 6.03. The van der Waals surface area contributed by atoms with Gasteiger partial charge in [0.05, 0.1) is 5.56 Å². The van der Waals surface area contributed by atoms with Crippen LogP contribution in [0.2, 0.25) is 0 Å². The lowest BCUT2D eigenvalue weighted by molar-refractivity contribution is -0.137. The van der Waals surface area contributed by atoms with Crippen LogP contribution < -0.4 is 11.1 Å². The van der Waals surface area contributed by atoms with E-state index in [9.17, 15) is 18.0 Å². The normalized spacial score (nSPS) is 17.1. The van der Waals surface area contributed by atoms with E-state index < -0.39 is 11.7 Å². The van der Waals surface area contributed by atoms with Crippen molar-refractivity contribution in [2.75, 3.05) is 6.54 Å². The number of nitrogens with two attached hydrogens (primary N) is 1. The van der Waals surface area contributed by atoms with Crippen LogP contribution in [0, 0.1) is 11.8 Å². The Labute approximate surface area is 140 Å². The second-order valence-corrected chi connectivity index (χ2v) is 6.05. The number of alkyl halides is 3. The second-order valence-electron chi connectivity index (χ2n) is 6.05. The molecule has 130 valence electrons.